The summed E-state index contributed by atoms with van der Waals surface area (Å²) in [5.74, 6) is 1.46. The number of unbranched alkanes of at least 4 members (excludes halogenated alkanes) is 16. The summed E-state index contributed by atoms with van der Waals surface area (Å²) in [7, 11) is 0. The van der Waals surface area contributed by atoms with E-state index in [4.69, 9.17) is 32.6 Å². The molecule has 0 bridgehead atoms. The summed E-state index contributed by atoms with van der Waals surface area (Å²) in [5, 5.41) is 3.37. The molecule has 0 saturated heterocycles. The van der Waals surface area contributed by atoms with Crippen molar-refractivity contribution in [3.63, 3.8) is 0 Å². The number of rotatable bonds is 23. The van der Waals surface area contributed by atoms with Crippen LogP contribution in [0.25, 0.3) is 33.4 Å². The normalized spacial score (nSPS) is 12.8. The average molecular weight is 719 g/mol. The summed E-state index contributed by atoms with van der Waals surface area (Å²) in [6.07, 6.45) is 26.5. The van der Waals surface area contributed by atoms with Crippen LogP contribution in [0, 0.1) is 19.8 Å². The first kappa shape index (κ1) is 40.5. The van der Waals surface area contributed by atoms with E-state index in [-0.39, 0.29) is 0 Å². The highest BCUT2D eigenvalue weighted by Gasteiger charge is 2.23. The number of benzene rings is 3. The summed E-state index contributed by atoms with van der Waals surface area (Å²) in [6, 6.07) is 14.7. The van der Waals surface area contributed by atoms with Gasteiger partial charge in [-0.3, -0.25) is 4.99 Å². The van der Waals surface area contributed by atoms with Crippen LogP contribution in [-0.2, 0) is 6.42 Å². The van der Waals surface area contributed by atoms with Gasteiger partial charge in [-0.25, -0.2) is 0 Å². The Balaban J connectivity index is 1.53. The second-order valence-electron chi connectivity index (χ2n) is 15.1. The van der Waals surface area contributed by atoms with Gasteiger partial charge in [-0.15, -0.1) is 0 Å². The second-order valence-corrected chi connectivity index (χ2v) is 15.9. The predicted octanol–water partition coefficient (Wildman–Crippen LogP) is 15.7. The number of hydrogen-bond acceptors (Lipinski definition) is 2. The van der Waals surface area contributed by atoms with Crippen LogP contribution in [0.15, 0.2) is 51.9 Å². The van der Waals surface area contributed by atoms with E-state index in [2.05, 4.69) is 58.9 Å². The highest BCUT2D eigenvalue weighted by atomic mass is 35.5. The summed E-state index contributed by atoms with van der Waals surface area (Å²) in [6.45, 7) is 12.2. The molecule has 4 rings (SSSR count). The lowest BCUT2D eigenvalue weighted by atomic mass is 9.88. The van der Waals surface area contributed by atoms with Gasteiger partial charge in [0.15, 0.2) is 0 Å². The molecule has 0 aromatic heterocycles. The van der Waals surface area contributed by atoms with Gasteiger partial charge < -0.3 is 4.42 Å². The first-order chi connectivity index (χ1) is 24.3. The van der Waals surface area contributed by atoms with E-state index < -0.39 is 0 Å². The maximum absolute atomic E-state index is 6.90. The molecular weight excluding hydrogens is 653 g/mol. The fraction of sp³-hybridized carbons (Fsp3) is 0.587. The number of fused-ring (bicyclic) bond motifs is 2. The summed E-state index contributed by atoms with van der Waals surface area (Å²) in [5.41, 5.74) is 7.62. The Bertz CT molecular complexity index is 1620. The van der Waals surface area contributed by atoms with Crippen LogP contribution < -0.4 is 5.36 Å². The largest absolute Gasteiger partial charge is 0.456 e. The van der Waals surface area contributed by atoms with Gasteiger partial charge in [-0.1, -0.05) is 166 Å². The maximum atomic E-state index is 6.90. The first-order valence-corrected chi connectivity index (χ1v) is 21.0. The molecule has 0 radical (unpaired) electrons. The van der Waals surface area contributed by atoms with Gasteiger partial charge >= 0.3 is 0 Å². The Morgan fingerprint density at radius 1 is 0.640 bits per heavy atom. The molecule has 2 aromatic carbocycles. The molecule has 0 saturated carbocycles. The lowest BCUT2D eigenvalue weighted by Gasteiger charge is -2.20. The van der Waals surface area contributed by atoms with Crippen molar-refractivity contribution >= 4 is 34.2 Å². The van der Waals surface area contributed by atoms with Crippen molar-refractivity contribution in [1.29, 1.82) is 0 Å². The van der Waals surface area contributed by atoms with E-state index in [9.17, 15) is 0 Å². The van der Waals surface area contributed by atoms with E-state index in [1.807, 2.05) is 18.2 Å². The van der Waals surface area contributed by atoms with Gasteiger partial charge in [-0.05, 0) is 79.6 Å². The minimum atomic E-state index is 0.628. The molecule has 1 atom stereocenters. The van der Waals surface area contributed by atoms with Crippen molar-refractivity contribution in [2.45, 2.75) is 163 Å². The topological polar surface area (TPSA) is 25.5 Å². The zero-order chi connectivity index (χ0) is 35.7. The fourth-order valence-corrected chi connectivity index (χ4v) is 8.12. The van der Waals surface area contributed by atoms with E-state index in [0.717, 1.165) is 63.7 Å². The predicted molar refractivity (Wildman–Crippen MR) is 220 cm³/mol. The van der Waals surface area contributed by atoms with Crippen LogP contribution >= 0.6 is 23.2 Å². The molecule has 0 amide bonds. The monoisotopic (exact) mass is 717 g/mol. The SMILES string of the molecule is CCCCCCCCCCCCN=c1cc2oc3cc(CC(C)CCCCCCCCCC)c(C)cc3c(-c3c(Cl)cccc3Cl)c-2cc1C. The number of hydrogen-bond donors (Lipinski definition) is 0. The zero-order valence-electron chi connectivity index (χ0n) is 32.1. The molecule has 2 aromatic rings. The van der Waals surface area contributed by atoms with Gasteiger partial charge in [-0.2, -0.15) is 0 Å². The minimum Gasteiger partial charge on any atom is -0.456 e. The summed E-state index contributed by atoms with van der Waals surface area (Å²) in [4.78, 5) is 5.06. The molecule has 4 heteroatoms. The molecule has 2 aliphatic rings. The van der Waals surface area contributed by atoms with E-state index in [1.54, 1.807) is 0 Å². The molecule has 0 fully saturated rings. The molecule has 1 heterocycles. The minimum absolute atomic E-state index is 0.628. The standard InChI is InChI=1S/C46H65Cl2NO/c1-6-8-10-12-14-16-17-19-21-23-28-49-42-33-44-39(31-36(42)5)45(46-40(47)26-24-27-41(46)48)38-30-35(4)37(32-43(38)50-44)29-34(3)25-22-20-18-15-13-11-9-7-2/h24,26-27,30-34H,6-23,25,28-29H2,1-5H3. The molecule has 2 nitrogen and oxygen atoms in total. The Morgan fingerprint density at radius 2 is 1.20 bits per heavy atom. The molecule has 50 heavy (non-hydrogen) atoms. The number of nitrogens with zero attached hydrogens (tertiary/aromatic N) is 1. The summed E-state index contributed by atoms with van der Waals surface area (Å²) >= 11 is 13.8. The molecule has 1 aliphatic carbocycles. The van der Waals surface area contributed by atoms with Gasteiger partial charge in [0.2, 0.25) is 0 Å². The highest BCUT2D eigenvalue weighted by molar-refractivity contribution is 6.40. The molecule has 0 N–H and O–H groups in total. The van der Waals surface area contributed by atoms with Gasteiger partial charge in [0.25, 0.3) is 0 Å². The van der Waals surface area contributed by atoms with Crippen LogP contribution in [0.5, 0.6) is 0 Å². The van der Waals surface area contributed by atoms with Crippen LogP contribution in [0.2, 0.25) is 10.0 Å². The lowest BCUT2D eigenvalue weighted by Crippen LogP contribution is -2.10. The Hall–Kier alpha value is -2.29. The van der Waals surface area contributed by atoms with Crippen LogP contribution in [-0.4, -0.2) is 6.54 Å². The fourth-order valence-electron chi connectivity index (χ4n) is 7.53. The Morgan fingerprint density at radius 3 is 1.80 bits per heavy atom. The van der Waals surface area contributed by atoms with Crippen molar-refractivity contribution in [3.8, 4) is 22.5 Å². The van der Waals surface area contributed by atoms with E-state index >= 15 is 0 Å². The van der Waals surface area contributed by atoms with Crippen molar-refractivity contribution in [1.82, 2.24) is 0 Å². The smallest absolute Gasteiger partial charge is 0.137 e. The Kier molecular flexibility index (Phi) is 17.8. The number of halogens is 2. The molecule has 1 unspecified atom stereocenters. The first-order valence-electron chi connectivity index (χ1n) is 20.3. The van der Waals surface area contributed by atoms with Crippen LogP contribution in [0.1, 0.15) is 159 Å². The van der Waals surface area contributed by atoms with Gasteiger partial charge in [0.1, 0.15) is 11.3 Å². The highest BCUT2D eigenvalue weighted by Crippen LogP contribution is 2.46. The molecule has 0 spiro atoms. The molecule has 1 aliphatic heterocycles. The van der Waals surface area contributed by atoms with Crippen molar-refractivity contribution < 1.29 is 4.42 Å². The molecular formula is C46H65Cl2NO. The summed E-state index contributed by atoms with van der Waals surface area (Å²) < 4.78 is 6.77. The van der Waals surface area contributed by atoms with E-state index in [1.165, 1.54) is 127 Å². The van der Waals surface area contributed by atoms with Crippen molar-refractivity contribution in [3.05, 3.63) is 74.6 Å². The van der Waals surface area contributed by atoms with Crippen molar-refractivity contribution in [2.24, 2.45) is 10.9 Å². The quantitative estimate of drug-likeness (QED) is 0.0554. The number of aryl methyl sites for hydroxylation is 2. The van der Waals surface area contributed by atoms with Crippen LogP contribution in [0.4, 0.5) is 0 Å². The maximum Gasteiger partial charge on any atom is 0.137 e. The third-order valence-electron chi connectivity index (χ3n) is 10.6. The van der Waals surface area contributed by atoms with Crippen molar-refractivity contribution in [2.75, 3.05) is 6.54 Å². The van der Waals surface area contributed by atoms with Gasteiger partial charge in [0.05, 0.1) is 5.36 Å². The van der Waals surface area contributed by atoms with Crippen LogP contribution in [0.3, 0.4) is 0 Å². The lowest BCUT2D eigenvalue weighted by molar-refractivity contribution is 0.478. The third-order valence-corrected chi connectivity index (χ3v) is 11.3. The second kappa shape index (κ2) is 21.9. The molecule has 274 valence electrons. The third kappa shape index (κ3) is 12.2. The Labute approximate surface area is 314 Å². The van der Waals surface area contributed by atoms with Gasteiger partial charge in [0, 0.05) is 44.7 Å². The van der Waals surface area contributed by atoms with E-state index in [0.29, 0.717) is 16.0 Å². The average Bonchev–Trinajstić information content (AvgIpc) is 3.09. The zero-order valence-corrected chi connectivity index (χ0v) is 33.6.